The number of hydrogen-bond donors (Lipinski definition) is 0. The Kier molecular flexibility index (Phi) is 4.75. The molecule has 0 aliphatic rings. The summed E-state index contributed by atoms with van der Waals surface area (Å²) in [6, 6.07) is 23.2. The molecule has 0 amide bonds. The predicted octanol–water partition coefficient (Wildman–Crippen LogP) is 3.86. The molecule has 2 aromatic carbocycles. The van der Waals surface area contributed by atoms with Crippen molar-refractivity contribution in [2.45, 2.75) is 5.92 Å². The quantitative estimate of drug-likeness (QED) is 0.539. The molecule has 0 spiro atoms. The van der Waals surface area contributed by atoms with Crippen molar-refractivity contribution in [1.29, 1.82) is 15.8 Å². The normalized spacial score (nSPS) is 11.0. The monoisotopic (exact) mass is 335 g/mol. The van der Waals surface area contributed by atoms with Crippen LogP contribution in [0.1, 0.15) is 22.6 Å². The fourth-order valence-electron chi connectivity index (χ4n) is 2.88. The second-order valence-corrected chi connectivity index (χ2v) is 5.88. The first-order valence-corrected chi connectivity index (χ1v) is 8.06. The lowest BCUT2D eigenvalue weighted by atomic mass is 9.97. The Morgan fingerprint density at radius 3 is 2.31 bits per heavy atom. The van der Waals surface area contributed by atoms with Crippen molar-refractivity contribution in [3.63, 3.8) is 0 Å². The topological polar surface area (TPSA) is 75.2 Å². The Bertz CT molecular complexity index is 1110. The first-order valence-electron chi connectivity index (χ1n) is 8.06. The average Bonchev–Trinajstić information content (AvgIpc) is 2.69. The van der Waals surface area contributed by atoms with E-state index in [2.05, 4.69) is 6.07 Å². The van der Waals surface area contributed by atoms with Crippen molar-refractivity contribution >= 4 is 22.6 Å². The molecule has 0 saturated carbocycles. The molecule has 4 heteroatoms. The standard InChI is InChI=1S/C22H15N4/c1-26-11-10-18(21-4-2-3-5-22(21)26)12-19(13-23)16-6-8-17(9-7-16)20(14-24)15-25/h2-12,20H,1H3/q+1/b19-12+. The number of nitrogens with zero attached hydrogens (tertiary/aromatic N) is 4. The van der Waals surface area contributed by atoms with Gasteiger partial charge in [0.2, 0.25) is 5.52 Å². The van der Waals surface area contributed by atoms with Crippen LogP contribution in [0.5, 0.6) is 0 Å². The van der Waals surface area contributed by atoms with Crippen LogP contribution in [0.4, 0.5) is 0 Å². The molecule has 0 atom stereocenters. The number of rotatable bonds is 3. The highest BCUT2D eigenvalue weighted by atomic mass is 14.9. The third-order valence-electron chi connectivity index (χ3n) is 4.31. The van der Waals surface area contributed by atoms with Crippen molar-refractivity contribution in [3.8, 4) is 18.2 Å². The molecular weight excluding hydrogens is 320 g/mol. The summed E-state index contributed by atoms with van der Waals surface area (Å²) in [5, 5.41) is 28.6. The van der Waals surface area contributed by atoms with Crippen molar-refractivity contribution in [3.05, 3.63) is 77.5 Å². The van der Waals surface area contributed by atoms with Gasteiger partial charge in [0.1, 0.15) is 7.05 Å². The van der Waals surface area contributed by atoms with Crippen LogP contribution in [0.2, 0.25) is 0 Å². The van der Waals surface area contributed by atoms with Crippen LogP contribution in [0.25, 0.3) is 22.6 Å². The predicted molar refractivity (Wildman–Crippen MR) is 99.0 cm³/mol. The van der Waals surface area contributed by atoms with E-state index in [1.54, 1.807) is 24.3 Å². The van der Waals surface area contributed by atoms with Crippen molar-refractivity contribution < 1.29 is 4.57 Å². The SMILES string of the molecule is C[n+]1ccc(/C=C(\C#N)c2ccc(C(C#N)C#N)cc2)c2ccccc21. The van der Waals surface area contributed by atoms with E-state index in [1.807, 2.05) is 66.4 Å². The first kappa shape index (κ1) is 16.9. The molecular formula is C22H15N4+. The number of benzene rings is 2. The zero-order chi connectivity index (χ0) is 18.5. The molecule has 4 nitrogen and oxygen atoms in total. The van der Waals surface area contributed by atoms with Crippen LogP contribution < -0.4 is 4.57 Å². The van der Waals surface area contributed by atoms with E-state index in [9.17, 15) is 5.26 Å². The summed E-state index contributed by atoms with van der Waals surface area (Å²) in [5.41, 5.74) is 3.96. The van der Waals surface area contributed by atoms with Gasteiger partial charge < -0.3 is 0 Å². The summed E-state index contributed by atoms with van der Waals surface area (Å²) in [6.07, 6.45) is 3.83. The van der Waals surface area contributed by atoms with Crippen LogP contribution in [0.15, 0.2) is 60.8 Å². The van der Waals surface area contributed by atoms with Crippen LogP contribution in [-0.4, -0.2) is 0 Å². The zero-order valence-corrected chi connectivity index (χ0v) is 14.2. The second-order valence-electron chi connectivity index (χ2n) is 5.88. The Morgan fingerprint density at radius 1 is 0.962 bits per heavy atom. The number of aryl methyl sites for hydroxylation is 1. The van der Waals surface area contributed by atoms with Gasteiger partial charge in [-0.15, -0.1) is 0 Å². The van der Waals surface area contributed by atoms with Gasteiger partial charge >= 0.3 is 0 Å². The molecule has 0 radical (unpaired) electrons. The van der Waals surface area contributed by atoms with Crippen LogP contribution in [0.3, 0.4) is 0 Å². The smallest absolute Gasteiger partial charge is 0.201 e. The highest BCUT2D eigenvalue weighted by Gasteiger charge is 2.11. The molecule has 0 N–H and O–H groups in total. The van der Waals surface area contributed by atoms with Crippen LogP contribution in [-0.2, 0) is 7.05 Å². The molecule has 1 heterocycles. The molecule has 1 aromatic heterocycles. The molecule has 26 heavy (non-hydrogen) atoms. The zero-order valence-electron chi connectivity index (χ0n) is 14.2. The summed E-state index contributed by atoms with van der Waals surface area (Å²) in [5.74, 6) is -0.795. The maximum atomic E-state index is 9.61. The number of allylic oxidation sites excluding steroid dienone is 1. The summed E-state index contributed by atoms with van der Waals surface area (Å²) in [7, 11) is 1.99. The van der Waals surface area contributed by atoms with Crippen molar-refractivity contribution in [2.24, 2.45) is 7.05 Å². The molecule has 3 aromatic rings. The largest absolute Gasteiger partial charge is 0.212 e. The summed E-state index contributed by atoms with van der Waals surface area (Å²) < 4.78 is 2.04. The number of hydrogen-bond acceptors (Lipinski definition) is 3. The average molecular weight is 335 g/mol. The number of para-hydroxylation sites is 1. The van der Waals surface area contributed by atoms with E-state index in [-0.39, 0.29) is 0 Å². The second kappa shape index (κ2) is 7.31. The molecule has 0 aliphatic carbocycles. The lowest BCUT2D eigenvalue weighted by molar-refractivity contribution is -0.644. The van der Waals surface area contributed by atoms with E-state index in [0.29, 0.717) is 11.1 Å². The lowest BCUT2D eigenvalue weighted by Crippen LogP contribution is -2.28. The molecule has 122 valence electrons. The minimum atomic E-state index is -0.795. The lowest BCUT2D eigenvalue weighted by Gasteiger charge is -2.05. The summed E-state index contributed by atoms with van der Waals surface area (Å²) in [4.78, 5) is 0. The molecule has 0 fully saturated rings. The van der Waals surface area contributed by atoms with E-state index in [1.165, 1.54) is 0 Å². The Balaban J connectivity index is 2.06. The molecule has 0 saturated heterocycles. The van der Waals surface area contributed by atoms with Crippen LogP contribution >= 0.6 is 0 Å². The van der Waals surface area contributed by atoms with Gasteiger partial charge in [-0.3, -0.25) is 0 Å². The van der Waals surface area contributed by atoms with Gasteiger partial charge in [-0.05, 0) is 28.8 Å². The van der Waals surface area contributed by atoms with Gasteiger partial charge in [0.25, 0.3) is 0 Å². The number of nitriles is 3. The third-order valence-corrected chi connectivity index (χ3v) is 4.31. The van der Waals surface area contributed by atoms with E-state index < -0.39 is 5.92 Å². The highest BCUT2D eigenvalue weighted by Crippen LogP contribution is 2.24. The van der Waals surface area contributed by atoms with Gasteiger partial charge in [0, 0.05) is 12.1 Å². The molecule has 3 rings (SSSR count). The Hall–Kier alpha value is -3.94. The Labute approximate surface area is 152 Å². The van der Waals surface area contributed by atoms with E-state index in [4.69, 9.17) is 10.5 Å². The highest BCUT2D eigenvalue weighted by molar-refractivity contribution is 5.96. The number of pyridine rings is 1. The number of fused-ring (bicyclic) bond motifs is 1. The van der Waals surface area contributed by atoms with E-state index >= 15 is 0 Å². The molecule has 0 bridgehead atoms. The van der Waals surface area contributed by atoms with E-state index in [0.717, 1.165) is 22.0 Å². The van der Waals surface area contributed by atoms with Crippen molar-refractivity contribution in [2.75, 3.05) is 0 Å². The van der Waals surface area contributed by atoms with Gasteiger partial charge in [0.15, 0.2) is 12.1 Å². The fraction of sp³-hybridized carbons (Fsp3) is 0.0909. The third kappa shape index (κ3) is 3.16. The number of aromatic nitrogens is 1. The molecule has 0 unspecified atom stereocenters. The molecule has 0 aliphatic heterocycles. The van der Waals surface area contributed by atoms with Gasteiger partial charge in [-0.1, -0.05) is 36.4 Å². The summed E-state index contributed by atoms with van der Waals surface area (Å²) in [6.45, 7) is 0. The van der Waals surface area contributed by atoms with Crippen molar-refractivity contribution in [1.82, 2.24) is 0 Å². The van der Waals surface area contributed by atoms with Gasteiger partial charge in [-0.25, -0.2) is 4.57 Å². The van der Waals surface area contributed by atoms with Gasteiger partial charge in [-0.2, -0.15) is 15.8 Å². The minimum absolute atomic E-state index is 0.529. The first-order chi connectivity index (χ1) is 12.7. The minimum Gasteiger partial charge on any atom is -0.201 e. The maximum Gasteiger partial charge on any atom is 0.212 e. The maximum absolute atomic E-state index is 9.61. The van der Waals surface area contributed by atoms with Gasteiger partial charge in [0.05, 0.1) is 29.2 Å². The van der Waals surface area contributed by atoms with Crippen LogP contribution in [0, 0.1) is 34.0 Å². The fourth-order valence-corrected chi connectivity index (χ4v) is 2.88. The Morgan fingerprint density at radius 2 is 1.65 bits per heavy atom. The summed E-state index contributed by atoms with van der Waals surface area (Å²) >= 11 is 0.